The summed E-state index contributed by atoms with van der Waals surface area (Å²) in [7, 11) is -2.55. The Labute approximate surface area is 156 Å². The quantitative estimate of drug-likeness (QED) is 0.617. The van der Waals surface area contributed by atoms with Gasteiger partial charge < -0.3 is 15.3 Å². The van der Waals surface area contributed by atoms with E-state index in [-0.39, 0.29) is 11.4 Å². The molecule has 8 nitrogen and oxygen atoms in total. The van der Waals surface area contributed by atoms with Crippen LogP contribution in [0.2, 0.25) is 0 Å². The van der Waals surface area contributed by atoms with Gasteiger partial charge in [-0.05, 0) is 49.2 Å². The summed E-state index contributed by atoms with van der Waals surface area (Å²) in [5.41, 5.74) is 3.09. The Hall–Kier alpha value is -2.91. The summed E-state index contributed by atoms with van der Waals surface area (Å²) in [6, 6.07) is 9.78. The minimum absolute atomic E-state index is 0.00714. The molecule has 0 bridgehead atoms. The highest BCUT2D eigenvalue weighted by Crippen LogP contribution is 2.20. The van der Waals surface area contributed by atoms with E-state index in [0.717, 1.165) is 15.4 Å². The van der Waals surface area contributed by atoms with Crippen LogP contribution in [0, 0.1) is 13.8 Å². The average molecular weight is 388 g/mol. The highest BCUT2D eigenvalue weighted by Gasteiger charge is 2.23. The smallest absolute Gasteiger partial charge is 0.323 e. The third-order valence-electron chi connectivity index (χ3n) is 4.44. The number of carbonyl (C=O) groups excluding carboxylic acids is 1. The molecule has 0 aliphatic heterocycles. The molecule has 1 amide bonds. The van der Waals surface area contributed by atoms with E-state index in [4.69, 9.17) is 0 Å². The predicted molar refractivity (Wildman–Crippen MR) is 103 cm³/mol. The Morgan fingerprint density at radius 1 is 1.11 bits per heavy atom. The van der Waals surface area contributed by atoms with E-state index in [2.05, 4.69) is 15.3 Å². The number of aryl methyl sites for hydroxylation is 1. The second-order valence-electron chi connectivity index (χ2n) is 6.34. The number of aromatic amines is 2. The lowest BCUT2D eigenvalue weighted by Crippen LogP contribution is -2.35. The van der Waals surface area contributed by atoms with Crippen molar-refractivity contribution >= 4 is 32.7 Å². The first-order valence-electron chi connectivity index (χ1n) is 8.23. The normalized spacial score (nSPS) is 11.9. The van der Waals surface area contributed by atoms with Crippen molar-refractivity contribution < 1.29 is 13.2 Å². The lowest BCUT2D eigenvalue weighted by molar-refractivity contribution is -0.116. The summed E-state index contributed by atoms with van der Waals surface area (Å²) in [6.07, 6.45) is 0. The minimum atomic E-state index is -3.89. The van der Waals surface area contributed by atoms with E-state index in [1.54, 1.807) is 6.07 Å². The Kier molecular flexibility index (Phi) is 4.90. The molecule has 3 aromatic rings. The van der Waals surface area contributed by atoms with E-state index in [0.29, 0.717) is 16.7 Å². The fourth-order valence-corrected chi connectivity index (χ4v) is 3.87. The van der Waals surface area contributed by atoms with Crippen LogP contribution in [-0.4, -0.2) is 42.2 Å². The van der Waals surface area contributed by atoms with Gasteiger partial charge in [0, 0.05) is 12.7 Å². The predicted octanol–water partition coefficient (Wildman–Crippen LogP) is 1.73. The molecule has 0 radical (unpaired) electrons. The Bertz CT molecular complexity index is 1180. The number of likely N-dealkylation sites (N-methyl/N-ethyl adjacent to an activating group) is 1. The Morgan fingerprint density at radius 2 is 1.81 bits per heavy atom. The fourth-order valence-electron chi connectivity index (χ4n) is 2.72. The molecule has 0 spiro atoms. The van der Waals surface area contributed by atoms with Gasteiger partial charge in [-0.2, -0.15) is 4.31 Å². The van der Waals surface area contributed by atoms with Gasteiger partial charge in [-0.25, -0.2) is 13.2 Å². The highest BCUT2D eigenvalue weighted by atomic mass is 32.2. The minimum Gasteiger partial charge on any atom is -0.325 e. The number of aromatic nitrogens is 2. The zero-order valence-electron chi connectivity index (χ0n) is 15.2. The van der Waals surface area contributed by atoms with Gasteiger partial charge in [0.25, 0.3) is 0 Å². The van der Waals surface area contributed by atoms with Crippen LogP contribution in [0.4, 0.5) is 5.69 Å². The van der Waals surface area contributed by atoms with Gasteiger partial charge in [0.1, 0.15) is 0 Å². The molecule has 142 valence electrons. The van der Waals surface area contributed by atoms with Gasteiger partial charge in [0.15, 0.2) is 0 Å². The number of nitrogens with one attached hydrogen (secondary N) is 3. The van der Waals surface area contributed by atoms with E-state index in [1.807, 2.05) is 26.0 Å². The molecule has 0 saturated heterocycles. The van der Waals surface area contributed by atoms with Crippen LogP contribution in [0.15, 0.2) is 46.1 Å². The molecule has 27 heavy (non-hydrogen) atoms. The van der Waals surface area contributed by atoms with Crippen molar-refractivity contribution in [2.24, 2.45) is 0 Å². The molecule has 0 atom stereocenters. The summed E-state index contributed by atoms with van der Waals surface area (Å²) < 4.78 is 26.4. The number of amides is 1. The highest BCUT2D eigenvalue weighted by molar-refractivity contribution is 7.89. The topological polar surface area (TPSA) is 115 Å². The molecule has 2 aromatic carbocycles. The zero-order chi connectivity index (χ0) is 19.8. The summed E-state index contributed by atoms with van der Waals surface area (Å²) in [6.45, 7) is 3.48. The van der Waals surface area contributed by atoms with Crippen molar-refractivity contribution in [3.05, 3.63) is 58.0 Å². The largest absolute Gasteiger partial charge is 0.325 e. The second-order valence-corrected chi connectivity index (χ2v) is 8.39. The second kappa shape index (κ2) is 7.01. The third-order valence-corrected chi connectivity index (χ3v) is 6.24. The van der Waals surface area contributed by atoms with Gasteiger partial charge in [-0.3, -0.25) is 4.79 Å². The average Bonchev–Trinajstić information content (AvgIpc) is 2.98. The maximum atomic E-state index is 12.7. The number of carbonyl (C=O) groups is 1. The number of rotatable bonds is 5. The molecule has 9 heteroatoms. The van der Waals surface area contributed by atoms with Crippen molar-refractivity contribution in [1.82, 2.24) is 14.3 Å². The first kappa shape index (κ1) is 18.9. The summed E-state index contributed by atoms with van der Waals surface area (Å²) in [5.74, 6) is -0.439. The number of H-pyrrole nitrogens is 2. The van der Waals surface area contributed by atoms with Crippen molar-refractivity contribution in [2.75, 3.05) is 18.9 Å². The van der Waals surface area contributed by atoms with Gasteiger partial charge in [-0.1, -0.05) is 12.1 Å². The third kappa shape index (κ3) is 3.79. The lowest BCUT2D eigenvalue weighted by Gasteiger charge is -2.17. The van der Waals surface area contributed by atoms with E-state index >= 15 is 0 Å². The zero-order valence-corrected chi connectivity index (χ0v) is 16.0. The first-order valence-corrected chi connectivity index (χ1v) is 9.67. The van der Waals surface area contributed by atoms with Gasteiger partial charge in [-0.15, -0.1) is 0 Å². The Balaban J connectivity index is 1.78. The number of hydrogen-bond donors (Lipinski definition) is 3. The number of nitrogens with zero attached hydrogens (tertiary/aromatic N) is 1. The number of imidazole rings is 1. The maximum Gasteiger partial charge on any atom is 0.323 e. The number of sulfonamides is 1. The van der Waals surface area contributed by atoms with Crippen LogP contribution >= 0.6 is 0 Å². The van der Waals surface area contributed by atoms with E-state index in [1.165, 1.54) is 25.2 Å². The molecule has 0 aliphatic rings. The first-order chi connectivity index (χ1) is 12.7. The molecule has 1 heterocycles. The van der Waals surface area contributed by atoms with Crippen molar-refractivity contribution in [3.8, 4) is 0 Å². The van der Waals surface area contributed by atoms with E-state index < -0.39 is 21.6 Å². The number of hydrogen-bond acceptors (Lipinski definition) is 4. The fraction of sp³-hybridized carbons (Fsp3) is 0.222. The van der Waals surface area contributed by atoms with Crippen molar-refractivity contribution in [2.45, 2.75) is 18.7 Å². The molecular weight excluding hydrogens is 368 g/mol. The number of fused-ring (bicyclic) bond motifs is 1. The molecule has 0 unspecified atom stereocenters. The van der Waals surface area contributed by atoms with Crippen molar-refractivity contribution in [1.29, 1.82) is 0 Å². The van der Waals surface area contributed by atoms with Crippen molar-refractivity contribution in [3.63, 3.8) is 0 Å². The summed E-state index contributed by atoms with van der Waals surface area (Å²) in [4.78, 5) is 28.7. The molecule has 3 rings (SSSR count). The van der Waals surface area contributed by atoms with Crippen LogP contribution in [0.3, 0.4) is 0 Å². The Morgan fingerprint density at radius 3 is 2.56 bits per heavy atom. The van der Waals surface area contributed by atoms with Crippen LogP contribution in [0.25, 0.3) is 11.0 Å². The monoisotopic (exact) mass is 388 g/mol. The van der Waals surface area contributed by atoms with Crippen LogP contribution in [0.1, 0.15) is 11.1 Å². The van der Waals surface area contributed by atoms with E-state index in [9.17, 15) is 18.0 Å². The molecule has 3 N–H and O–H groups in total. The van der Waals surface area contributed by atoms with Gasteiger partial charge in [0.05, 0.1) is 22.5 Å². The summed E-state index contributed by atoms with van der Waals surface area (Å²) in [5, 5.41) is 2.74. The molecular formula is C18H20N4O4S. The van der Waals surface area contributed by atoms with Gasteiger partial charge in [0.2, 0.25) is 15.9 Å². The molecule has 1 aromatic heterocycles. The molecule has 0 saturated carbocycles. The number of benzene rings is 2. The maximum absolute atomic E-state index is 12.7. The van der Waals surface area contributed by atoms with Crippen LogP contribution in [-0.2, 0) is 14.8 Å². The SMILES string of the molecule is Cc1cccc(NC(=O)CN(C)S(=O)(=O)c2ccc3[nH]c(=O)[nH]c3c2)c1C. The molecule has 0 aliphatic carbocycles. The van der Waals surface area contributed by atoms with Crippen LogP contribution in [0.5, 0.6) is 0 Å². The standard InChI is InChI=1S/C18H20N4O4S/c1-11-5-4-6-14(12(11)2)19-17(23)10-22(3)27(25,26)13-7-8-15-16(9-13)21-18(24)20-15/h4-9H,10H2,1-3H3,(H,19,23)(H2,20,21,24). The van der Waals surface area contributed by atoms with Gasteiger partial charge >= 0.3 is 5.69 Å². The number of anilines is 1. The van der Waals surface area contributed by atoms with Crippen LogP contribution < -0.4 is 11.0 Å². The molecule has 0 fully saturated rings. The summed E-state index contributed by atoms with van der Waals surface area (Å²) >= 11 is 0. The lowest BCUT2D eigenvalue weighted by atomic mass is 10.1.